The zero-order valence-corrected chi connectivity index (χ0v) is 20.2. The van der Waals surface area contributed by atoms with E-state index in [-0.39, 0.29) is 30.0 Å². The molecule has 0 bridgehead atoms. The van der Waals surface area contributed by atoms with Crippen molar-refractivity contribution in [3.63, 3.8) is 0 Å². The maximum atomic E-state index is 13.0. The lowest BCUT2D eigenvalue weighted by molar-refractivity contribution is -0.118. The van der Waals surface area contributed by atoms with E-state index < -0.39 is 0 Å². The number of fused-ring (bicyclic) bond motifs is 1. The summed E-state index contributed by atoms with van der Waals surface area (Å²) in [5.74, 6) is 0.0192. The van der Waals surface area contributed by atoms with Crippen LogP contribution < -0.4 is 15.4 Å². The molecule has 1 aromatic heterocycles. The van der Waals surface area contributed by atoms with Gasteiger partial charge in [0.1, 0.15) is 11.6 Å². The highest BCUT2D eigenvalue weighted by atomic mass is 32.2. The lowest BCUT2D eigenvalue weighted by atomic mass is 10.1. The zero-order chi connectivity index (χ0) is 24.1. The first-order valence-corrected chi connectivity index (χ1v) is 12.2. The molecule has 34 heavy (non-hydrogen) atoms. The van der Waals surface area contributed by atoms with Crippen molar-refractivity contribution in [1.82, 2.24) is 4.98 Å². The lowest BCUT2D eigenvalue weighted by Gasteiger charge is -2.09. The van der Waals surface area contributed by atoms with Crippen LogP contribution in [0.3, 0.4) is 0 Å². The molecular weight excluding hydrogens is 473 g/mol. The maximum Gasteiger partial charge on any atom is 0.262 e. The van der Waals surface area contributed by atoms with Gasteiger partial charge in [-0.2, -0.15) is 0 Å². The number of aryl methyl sites for hydroxylation is 2. The Labute approximate surface area is 204 Å². The molecule has 4 rings (SSSR count). The Bertz CT molecular complexity index is 1340. The number of anilines is 2. The number of carbonyl (C=O) groups is 2. The number of halogens is 1. The number of benzene rings is 3. The topological polar surface area (TPSA) is 80.3 Å². The Morgan fingerprint density at radius 3 is 2.44 bits per heavy atom. The Morgan fingerprint density at radius 2 is 1.68 bits per heavy atom. The number of rotatable bonds is 8. The molecule has 174 valence electrons. The van der Waals surface area contributed by atoms with Crippen molar-refractivity contribution in [2.45, 2.75) is 18.2 Å². The van der Waals surface area contributed by atoms with Gasteiger partial charge in [-0.15, -0.1) is 11.3 Å². The summed E-state index contributed by atoms with van der Waals surface area (Å²) >= 11 is 2.76. The molecule has 4 aromatic rings. The fraction of sp³-hybridized carbons (Fsp3) is 0.160. The van der Waals surface area contributed by atoms with E-state index in [0.717, 1.165) is 20.1 Å². The largest absolute Gasteiger partial charge is 0.484 e. The summed E-state index contributed by atoms with van der Waals surface area (Å²) < 4.78 is 20.2. The van der Waals surface area contributed by atoms with E-state index in [9.17, 15) is 14.0 Å². The molecule has 9 heteroatoms. The number of nitrogens with zero attached hydrogens (tertiary/aromatic N) is 1. The number of carbonyl (C=O) groups excluding carboxylic acids is 2. The summed E-state index contributed by atoms with van der Waals surface area (Å²) in [5, 5.41) is 5.56. The van der Waals surface area contributed by atoms with Crippen LogP contribution in [0.2, 0.25) is 0 Å². The van der Waals surface area contributed by atoms with E-state index >= 15 is 0 Å². The zero-order valence-electron chi connectivity index (χ0n) is 18.6. The predicted octanol–water partition coefficient (Wildman–Crippen LogP) is 5.80. The van der Waals surface area contributed by atoms with Crippen molar-refractivity contribution >= 4 is 56.5 Å². The van der Waals surface area contributed by atoms with Crippen LogP contribution in [0, 0.1) is 19.7 Å². The van der Waals surface area contributed by atoms with Crippen molar-refractivity contribution in [2.24, 2.45) is 0 Å². The molecule has 0 saturated heterocycles. The second-order valence-corrected chi connectivity index (χ2v) is 9.84. The van der Waals surface area contributed by atoms with Crippen LogP contribution in [0.15, 0.2) is 65.0 Å². The van der Waals surface area contributed by atoms with Gasteiger partial charge in [-0.25, -0.2) is 9.37 Å². The molecule has 0 spiro atoms. The van der Waals surface area contributed by atoms with Crippen molar-refractivity contribution in [2.75, 3.05) is 23.0 Å². The van der Waals surface area contributed by atoms with Gasteiger partial charge in [0, 0.05) is 11.4 Å². The molecule has 0 fully saturated rings. The molecule has 0 atom stereocenters. The molecule has 0 saturated carbocycles. The SMILES string of the molecule is Cc1ccc(OCC(=O)Nc2ccc3nc(SCC(=O)Nc4ccc(F)cc4)sc3c2)cc1C. The molecule has 0 unspecified atom stereocenters. The number of thioether (sulfide) groups is 1. The van der Waals surface area contributed by atoms with Crippen LogP contribution in [0.25, 0.3) is 10.2 Å². The molecule has 2 amide bonds. The first-order chi connectivity index (χ1) is 16.4. The van der Waals surface area contributed by atoms with Gasteiger partial charge in [-0.1, -0.05) is 17.8 Å². The minimum absolute atomic E-state index is 0.0898. The highest BCUT2D eigenvalue weighted by Crippen LogP contribution is 2.31. The van der Waals surface area contributed by atoms with E-state index in [0.29, 0.717) is 17.1 Å². The number of thiazole rings is 1. The third-order valence-electron chi connectivity index (χ3n) is 4.96. The average Bonchev–Trinajstić information content (AvgIpc) is 3.22. The van der Waals surface area contributed by atoms with Crippen LogP contribution >= 0.6 is 23.1 Å². The Kier molecular flexibility index (Phi) is 7.44. The van der Waals surface area contributed by atoms with Gasteiger partial charge in [0.25, 0.3) is 5.91 Å². The summed E-state index contributed by atoms with van der Waals surface area (Å²) in [7, 11) is 0. The van der Waals surface area contributed by atoms with Gasteiger partial charge >= 0.3 is 0 Å². The minimum atomic E-state index is -0.355. The standard InChI is InChI=1S/C25H22FN3O3S2/c1-15-3-9-20(11-16(15)2)32-13-23(30)28-19-8-10-21-22(12-19)34-25(29-21)33-14-24(31)27-18-6-4-17(26)5-7-18/h3-12H,13-14H2,1-2H3,(H,27,31)(H,28,30). The van der Waals surface area contributed by atoms with E-state index in [4.69, 9.17) is 4.74 Å². The fourth-order valence-electron chi connectivity index (χ4n) is 3.05. The van der Waals surface area contributed by atoms with Gasteiger partial charge in [0.05, 0.1) is 16.0 Å². The molecule has 0 radical (unpaired) electrons. The molecule has 0 aliphatic carbocycles. The highest BCUT2D eigenvalue weighted by molar-refractivity contribution is 8.01. The van der Waals surface area contributed by atoms with Gasteiger partial charge in [-0.05, 0) is 79.6 Å². The van der Waals surface area contributed by atoms with Crippen molar-refractivity contribution in [3.8, 4) is 5.75 Å². The molecule has 3 aromatic carbocycles. The van der Waals surface area contributed by atoms with Crippen LogP contribution in [-0.4, -0.2) is 29.2 Å². The van der Waals surface area contributed by atoms with Crippen molar-refractivity contribution in [3.05, 3.63) is 77.6 Å². The first kappa shape index (κ1) is 23.7. The van der Waals surface area contributed by atoms with Crippen LogP contribution in [-0.2, 0) is 9.59 Å². The third kappa shape index (κ3) is 6.33. The third-order valence-corrected chi connectivity index (χ3v) is 7.12. The predicted molar refractivity (Wildman–Crippen MR) is 135 cm³/mol. The Hall–Kier alpha value is -3.43. The lowest BCUT2D eigenvalue weighted by Crippen LogP contribution is -2.20. The smallest absolute Gasteiger partial charge is 0.262 e. The van der Waals surface area contributed by atoms with E-state index in [2.05, 4.69) is 15.6 Å². The summed E-state index contributed by atoms with van der Waals surface area (Å²) in [6.45, 7) is 3.93. The quantitative estimate of drug-likeness (QED) is 0.302. The highest BCUT2D eigenvalue weighted by Gasteiger charge is 2.11. The monoisotopic (exact) mass is 495 g/mol. The maximum absolute atomic E-state index is 13.0. The van der Waals surface area contributed by atoms with Crippen LogP contribution in [0.5, 0.6) is 5.75 Å². The Balaban J connectivity index is 1.30. The first-order valence-electron chi connectivity index (χ1n) is 10.4. The summed E-state index contributed by atoms with van der Waals surface area (Å²) in [6.07, 6.45) is 0. The van der Waals surface area contributed by atoms with Gasteiger partial charge < -0.3 is 15.4 Å². The number of amides is 2. The minimum Gasteiger partial charge on any atom is -0.484 e. The van der Waals surface area contributed by atoms with Gasteiger partial charge in [0.2, 0.25) is 5.91 Å². The van der Waals surface area contributed by atoms with Crippen molar-refractivity contribution in [1.29, 1.82) is 0 Å². The molecule has 6 nitrogen and oxygen atoms in total. The number of hydrogen-bond acceptors (Lipinski definition) is 6. The van der Waals surface area contributed by atoms with E-state index in [1.54, 1.807) is 6.07 Å². The van der Waals surface area contributed by atoms with Crippen molar-refractivity contribution < 1.29 is 18.7 Å². The second kappa shape index (κ2) is 10.7. The van der Waals surface area contributed by atoms with Gasteiger partial charge in [0.15, 0.2) is 10.9 Å². The van der Waals surface area contributed by atoms with Gasteiger partial charge in [-0.3, -0.25) is 9.59 Å². The number of ether oxygens (including phenoxy) is 1. The van der Waals surface area contributed by atoms with E-state index in [1.165, 1.54) is 52.9 Å². The number of aromatic nitrogens is 1. The molecular formula is C25H22FN3O3S2. The molecule has 1 heterocycles. The molecule has 2 N–H and O–H groups in total. The summed E-state index contributed by atoms with van der Waals surface area (Å²) in [5.41, 5.74) is 4.25. The summed E-state index contributed by atoms with van der Waals surface area (Å²) in [4.78, 5) is 29.0. The van der Waals surface area contributed by atoms with Crippen LogP contribution in [0.4, 0.5) is 15.8 Å². The van der Waals surface area contributed by atoms with E-state index in [1.807, 2.05) is 44.2 Å². The summed E-state index contributed by atoms with van der Waals surface area (Å²) in [6, 6.07) is 16.8. The van der Waals surface area contributed by atoms with Crippen LogP contribution in [0.1, 0.15) is 11.1 Å². The molecule has 0 aliphatic heterocycles. The average molecular weight is 496 g/mol. The Morgan fingerprint density at radius 1 is 0.941 bits per heavy atom. The number of hydrogen-bond donors (Lipinski definition) is 2. The number of nitrogens with one attached hydrogen (secondary N) is 2. The second-order valence-electron chi connectivity index (χ2n) is 7.59. The fourth-order valence-corrected chi connectivity index (χ4v) is 4.96. The molecule has 0 aliphatic rings. The normalized spacial score (nSPS) is 10.8.